The Labute approximate surface area is 180 Å². The minimum absolute atomic E-state index is 0.0616. The summed E-state index contributed by atoms with van der Waals surface area (Å²) in [7, 11) is -3.76. The number of nitrogens with zero attached hydrogens (tertiary/aromatic N) is 2. The van der Waals surface area contributed by atoms with Crippen LogP contribution in [0.4, 0.5) is 0 Å². The second kappa shape index (κ2) is 9.16. The van der Waals surface area contributed by atoms with Gasteiger partial charge in [0.2, 0.25) is 15.9 Å². The summed E-state index contributed by atoms with van der Waals surface area (Å²) in [5.41, 5.74) is 2.05. The maximum absolute atomic E-state index is 13.0. The van der Waals surface area contributed by atoms with Gasteiger partial charge in [-0.15, -0.1) is 0 Å². The predicted octanol–water partition coefficient (Wildman–Crippen LogP) is 2.35. The first-order valence-corrected chi connectivity index (χ1v) is 11.3. The minimum Gasteiger partial charge on any atom is -0.481 e. The summed E-state index contributed by atoms with van der Waals surface area (Å²) in [5.74, 6) is -1.08. The topological polar surface area (TPSA) is 95.0 Å². The fraction of sp³-hybridized carbons (Fsp3) is 0.333. The maximum atomic E-state index is 13.0. The number of carboxylic acid groups (broad SMARTS) is 1. The summed E-state index contributed by atoms with van der Waals surface area (Å²) in [4.78, 5) is 25.3. The fourth-order valence-corrected chi connectivity index (χ4v) is 4.98. The third-order valence-corrected chi connectivity index (χ3v) is 7.31. The van der Waals surface area contributed by atoms with Gasteiger partial charge < -0.3 is 10.0 Å². The zero-order valence-electron chi connectivity index (χ0n) is 16.5. The normalized spacial score (nSPS) is 15.2. The molecular weight excluding hydrogens is 428 g/mol. The van der Waals surface area contributed by atoms with E-state index in [1.54, 1.807) is 42.2 Å². The van der Waals surface area contributed by atoms with Crippen LogP contribution in [0.15, 0.2) is 47.4 Å². The van der Waals surface area contributed by atoms with E-state index in [1.165, 1.54) is 16.4 Å². The molecule has 9 heteroatoms. The first-order valence-electron chi connectivity index (χ1n) is 9.50. The van der Waals surface area contributed by atoms with Gasteiger partial charge in [0.25, 0.3) is 0 Å². The quantitative estimate of drug-likeness (QED) is 0.728. The smallest absolute Gasteiger partial charge is 0.307 e. The van der Waals surface area contributed by atoms with E-state index >= 15 is 0 Å². The summed E-state index contributed by atoms with van der Waals surface area (Å²) < 4.78 is 27.3. The van der Waals surface area contributed by atoms with Gasteiger partial charge in [-0.25, -0.2) is 8.42 Å². The number of aliphatic carboxylic acids is 1. The molecule has 1 aliphatic rings. The molecule has 1 aliphatic heterocycles. The highest BCUT2D eigenvalue weighted by molar-refractivity contribution is 7.89. The van der Waals surface area contributed by atoms with Crippen molar-refractivity contribution in [1.82, 2.24) is 9.21 Å². The predicted molar refractivity (Wildman–Crippen MR) is 113 cm³/mol. The Hall–Kier alpha value is -2.42. The Morgan fingerprint density at radius 1 is 1.00 bits per heavy atom. The van der Waals surface area contributed by atoms with Crippen molar-refractivity contribution in [3.05, 3.63) is 64.2 Å². The molecule has 0 radical (unpaired) electrons. The number of hydrogen-bond acceptors (Lipinski definition) is 4. The van der Waals surface area contributed by atoms with E-state index in [9.17, 15) is 18.0 Å². The molecule has 160 valence electrons. The van der Waals surface area contributed by atoms with Crippen molar-refractivity contribution in [2.75, 3.05) is 26.2 Å². The van der Waals surface area contributed by atoms with Crippen LogP contribution in [0, 0.1) is 6.92 Å². The lowest BCUT2D eigenvalue weighted by atomic mass is 10.1. The Balaban J connectivity index is 1.65. The number of rotatable bonds is 6. The third-order valence-electron chi connectivity index (χ3n) is 5.16. The molecule has 1 N–H and O–H groups in total. The molecule has 1 heterocycles. The standard InChI is InChI=1S/C21H23ClN2O5S/c1-15-2-7-19(13-17(15)14-21(26)27)30(28,29)24-10-8-23(9-11-24)20(25)12-16-3-5-18(22)6-4-16/h2-7,13H,8-12,14H2,1H3,(H,26,27). The number of halogens is 1. The van der Waals surface area contributed by atoms with Gasteiger partial charge in [-0.05, 0) is 47.9 Å². The molecule has 0 unspecified atom stereocenters. The van der Waals surface area contributed by atoms with E-state index < -0.39 is 16.0 Å². The van der Waals surface area contributed by atoms with Gasteiger partial charge in [-0.3, -0.25) is 9.59 Å². The average molecular weight is 451 g/mol. The number of amides is 1. The van der Waals surface area contributed by atoms with Gasteiger partial charge >= 0.3 is 5.97 Å². The van der Waals surface area contributed by atoms with E-state index in [0.717, 1.165) is 11.1 Å². The summed E-state index contributed by atoms with van der Waals surface area (Å²) in [6.07, 6.45) is 0.00258. The van der Waals surface area contributed by atoms with E-state index in [-0.39, 0.29) is 36.7 Å². The summed E-state index contributed by atoms with van der Waals surface area (Å²) >= 11 is 5.86. The van der Waals surface area contributed by atoms with Crippen molar-refractivity contribution < 1.29 is 23.1 Å². The van der Waals surface area contributed by atoms with Crippen molar-refractivity contribution in [1.29, 1.82) is 0 Å². The van der Waals surface area contributed by atoms with Crippen LogP contribution in [0.5, 0.6) is 0 Å². The molecule has 7 nitrogen and oxygen atoms in total. The Bertz CT molecular complexity index is 1050. The van der Waals surface area contributed by atoms with Gasteiger partial charge in [0, 0.05) is 31.2 Å². The molecule has 0 atom stereocenters. The average Bonchev–Trinajstić information content (AvgIpc) is 2.71. The van der Waals surface area contributed by atoms with E-state index in [2.05, 4.69) is 0 Å². The van der Waals surface area contributed by atoms with Crippen LogP contribution in [0.3, 0.4) is 0 Å². The van der Waals surface area contributed by atoms with Crippen molar-refractivity contribution in [3.63, 3.8) is 0 Å². The molecule has 2 aromatic rings. The summed E-state index contributed by atoms with van der Waals surface area (Å²) in [6, 6.07) is 11.6. The van der Waals surface area contributed by atoms with E-state index in [1.807, 2.05) is 0 Å². The molecule has 1 fully saturated rings. The van der Waals surface area contributed by atoms with Crippen LogP contribution in [0.25, 0.3) is 0 Å². The minimum atomic E-state index is -3.76. The molecule has 0 bridgehead atoms. The third kappa shape index (κ3) is 5.19. The van der Waals surface area contributed by atoms with Crippen molar-refractivity contribution >= 4 is 33.5 Å². The first kappa shape index (κ1) is 22.3. The Morgan fingerprint density at radius 2 is 1.63 bits per heavy atom. The second-order valence-corrected chi connectivity index (χ2v) is 9.62. The monoisotopic (exact) mass is 450 g/mol. The van der Waals surface area contributed by atoms with Gasteiger partial charge in [-0.1, -0.05) is 29.8 Å². The molecule has 0 saturated carbocycles. The molecule has 1 amide bonds. The lowest BCUT2D eigenvalue weighted by Gasteiger charge is -2.34. The first-order chi connectivity index (χ1) is 14.2. The molecular formula is C21H23ClN2O5S. The molecule has 0 aromatic heterocycles. The molecule has 30 heavy (non-hydrogen) atoms. The molecule has 2 aromatic carbocycles. The lowest BCUT2D eigenvalue weighted by molar-refractivity contribution is -0.136. The second-order valence-electron chi connectivity index (χ2n) is 7.25. The lowest BCUT2D eigenvalue weighted by Crippen LogP contribution is -2.50. The molecule has 3 rings (SSSR count). The number of carboxylic acids is 1. The number of sulfonamides is 1. The number of hydrogen-bond donors (Lipinski definition) is 1. The highest BCUT2D eigenvalue weighted by atomic mass is 35.5. The van der Waals surface area contributed by atoms with Crippen molar-refractivity contribution in [3.8, 4) is 0 Å². The van der Waals surface area contributed by atoms with E-state index in [0.29, 0.717) is 23.7 Å². The van der Waals surface area contributed by atoms with Crippen molar-refractivity contribution in [2.24, 2.45) is 0 Å². The van der Waals surface area contributed by atoms with Gasteiger partial charge in [0.15, 0.2) is 0 Å². The van der Waals surface area contributed by atoms with Crippen LogP contribution < -0.4 is 0 Å². The van der Waals surface area contributed by atoms with Crippen LogP contribution >= 0.6 is 11.6 Å². The number of aryl methyl sites for hydroxylation is 1. The maximum Gasteiger partial charge on any atom is 0.307 e. The SMILES string of the molecule is Cc1ccc(S(=O)(=O)N2CCN(C(=O)Cc3ccc(Cl)cc3)CC2)cc1CC(=O)O. The van der Waals surface area contributed by atoms with Crippen LogP contribution in [0.1, 0.15) is 16.7 Å². The van der Waals surface area contributed by atoms with Gasteiger partial charge in [0.05, 0.1) is 17.7 Å². The van der Waals surface area contributed by atoms with Crippen LogP contribution in [-0.2, 0) is 32.5 Å². The highest BCUT2D eigenvalue weighted by Gasteiger charge is 2.30. The number of piperazine rings is 1. The largest absolute Gasteiger partial charge is 0.481 e. The summed E-state index contributed by atoms with van der Waals surface area (Å²) in [5, 5.41) is 9.63. The van der Waals surface area contributed by atoms with E-state index in [4.69, 9.17) is 16.7 Å². The number of benzene rings is 2. The number of carbonyl (C=O) groups is 2. The van der Waals surface area contributed by atoms with Gasteiger partial charge in [-0.2, -0.15) is 4.31 Å². The molecule has 0 aliphatic carbocycles. The fourth-order valence-electron chi connectivity index (χ4n) is 3.38. The van der Waals surface area contributed by atoms with Crippen LogP contribution in [0.2, 0.25) is 5.02 Å². The van der Waals surface area contributed by atoms with Crippen molar-refractivity contribution in [2.45, 2.75) is 24.7 Å². The van der Waals surface area contributed by atoms with Gasteiger partial charge in [0.1, 0.15) is 0 Å². The molecule has 0 spiro atoms. The van der Waals surface area contributed by atoms with Crippen LogP contribution in [-0.4, -0.2) is 60.8 Å². The zero-order valence-corrected chi connectivity index (χ0v) is 18.1. The zero-order chi connectivity index (χ0) is 21.9. The molecule has 1 saturated heterocycles. The Morgan fingerprint density at radius 3 is 2.23 bits per heavy atom. The summed E-state index contributed by atoms with van der Waals surface area (Å²) in [6.45, 7) is 2.74. The highest BCUT2D eigenvalue weighted by Crippen LogP contribution is 2.22. The Kier molecular flexibility index (Phi) is 6.80. The number of carbonyl (C=O) groups excluding carboxylic acids is 1.